The number of ether oxygens (including phenoxy) is 2. The molecule has 0 N–H and O–H groups in total. The van der Waals surface area contributed by atoms with Crippen molar-refractivity contribution in [1.29, 1.82) is 0 Å². The van der Waals surface area contributed by atoms with E-state index in [1.165, 1.54) is 6.07 Å². The Kier molecular flexibility index (Phi) is 6.46. The molecular weight excluding hydrogens is 344 g/mol. The summed E-state index contributed by atoms with van der Waals surface area (Å²) in [4.78, 5) is 27.5. The molecule has 0 spiro atoms. The van der Waals surface area contributed by atoms with Gasteiger partial charge in [0.15, 0.2) is 5.75 Å². The summed E-state index contributed by atoms with van der Waals surface area (Å²) >= 11 is 1.16. The van der Waals surface area contributed by atoms with Crippen LogP contribution in [-0.4, -0.2) is 29.1 Å². The first kappa shape index (κ1) is 18.9. The number of unbranched alkanes of at least 4 members (excludes halogenated alkanes) is 1. The van der Waals surface area contributed by atoms with Crippen molar-refractivity contribution in [1.82, 2.24) is 4.98 Å². The predicted octanol–water partition coefficient (Wildman–Crippen LogP) is 4.38. The molecular formula is C17H20N2O5S. The quantitative estimate of drug-likeness (QED) is 0.299. The zero-order chi connectivity index (χ0) is 18.4. The lowest BCUT2D eigenvalue weighted by atomic mass is 10.2. The van der Waals surface area contributed by atoms with E-state index < -0.39 is 10.9 Å². The summed E-state index contributed by atoms with van der Waals surface area (Å²) in [5.41, 5.74) is 1.00. The highest BCUT2D eigenvalue weighted by Crippen LogP contribution is 2.35. The van der Waals surface area contributed by atoms with Crippen LogP contribution in [0.25, 0.3) is 10.6 Å². The fraction of sp³-hybridized carbons (Fsp3) is 0.412. The van der Waals surface area contributed by atoms with E-state index >= 15 is 0 Å². The number of nitrogens with zero attached hydrogens (tertiary/aromatic N) is 2. The van der Waals surface area contributed by atoms with Gasteiger partial charge in [0.1, 0.15) is 9.88 Å². The first-order valence-electron chi connectivity index (χ1n) is 8.04. The number of aromatic nitrogens is 1. The summed E-state index contributed by atoms with van der Waals surface area (Å²) < 4.78 is 10.5. The Labute approximate surface area is 149 Å². The van der Waals surface area contributed by atoms with Crippen molar-refractivity contribution >= 4 is 23.0 Å². The molecule has 1 heterocycles. The molecule has 2 aromatic rings. The standard InChI is InChI=1S/C17H20N2O5S/c1-4-6-9-24-14-8-7-12(10-13(14)19(21)22)16-18-11(3)15(25-16)17(20)23-5-2/h7-8,10H,4-6,9H2,1-3H3. The summed E-state index contributed by atoms with van der Waals surface area (Å²) in [6, 6.07) is 4.71. The molecule has 0 aliphatic heterocycles. The van der Waals surface area contributed by atoms with Crippen LogP contribution in [-0.2, 0) is 4.74 Å². The van der Waals surface area contributed by atoms with E-state index in [2.05, 4.69) is 4.98 Å². The predicted molar refractivity (Wildman–Crippen MR) is 95.3 cm³/mol. The molecule has 8 heteroatoms. The Balaban J connectivity index is 2.33. The Morgan fingerprint density at radius 3 is 2.76 bits per heavy atom. The minimum atomic E-state index is -0.475. The normalized spacial score (nSPS) is 10.5. The highest BCUT2D eigenvalue weighted by molar-refractivity contribution is 7.17. The molecule has 0 unspecified atom stereocenters. The van der Waals surface area contributed by atoms with Gasteiger partial charge in [0, 0.05) is 11.6 Å². The van der Waals surface area contributed by atoms with E-state index in [9.17, 15) is 14.9 Å². The van der Waals surface area contributed by atoms with Crippen LogP contribution in [0.5, 0.6) is 5.75 Å². The number of hydrogen-bond donors (Lipinski definition) is 0. The Morgan fingerprint density at radius 1 is 1.36 bits per heavy atom. The monoisotopic (exact) mass is 364 g/mol. The van der Waals surface area contributed by atoms with Gasteiger partial charge in [-0.1, -0.05) is 13.3 Å². The van der Waals surface area contributed by atoms with Crippen LogP contribution in [0.15, 0.2) is 18.2 Å². The third-order valence-electron chi connectivity index (χ3n) is 3.42. The lowest BCUT2D eigenvalue weighted by molar-refractivity contribution is -0.385. The van der Waals surface area contributed by atoms with Gasteiger partial charge >= 0.3 is 11.7 Å². The largest absolute Gasteiger partial charge is 0.487 e. The summed E-state index contributed by atoms with van der Waals surface area (Å²) in [6.07, 6.45) is 1.77. The lowest BCUT2D eigenvalue weighted by Crippen LogP contribution is -2.03. The topological polar surface area (TPSA) is 91.6 Å². The van der Waals surface area contributed by atoms with E-state index in [1.807, 2.05) is 6.92 Å². The smallest absolute Gasteiger partial charge is 0.350 e. The molecule has 0 amide bonds. The summed E-state index contributed by atoms with van der Waals surface area (Å²) in [5, 5.41) is 11.9. The van der Waals surface area contributed by atoms with E-state index in [0.29, 0.717) is 27.7 Å². The van der Waals surface area contributed by atoms with Crippen LogP contribution in [0.4, 0.5) is 5.69 Å². The Bertz CT molecular complexity index is 772. The Morgan fingerprint density at radius 2 is 2.12 bits per heavy atom. The third kappa shape index (κ3) is 4.54. The summed E-state index contributed by atoms with van der Waals surface area (Å²) in [7, 11) is 0. The van der Waals surface area contributed by atoms with Crippen molar-refractivity contribution in [3.05, 3.63) is 38.9 Å². The maximum atomic E-state index is 11.9. The number of esters is 1. The van der Waals surface area contributed by atoms with E-state index in [4.69, 9.17) is 9.47 Å². The number of hydrogen-bond acceptors (Lipinski definition) is 7. The van der Waals surface area contributed by atoms with E-state index in [0.717, 1.165) is 24.2 Å². The minimum Gasteiger partial charge on any atom is -0.487 e. The first-order chi connectivity index (χ1) is 12.0. The second-order valence-electron chi connectivity index (χ2n) is 5.30. The number of aryl methyl sites for hydroxylation is 1. The summed E-state index contributed by atoms with van der Waals surface area (Å²) in [6.45, 7) is 6.17. The van der Waals surface area contributed by atoms with Crippen molar-refractivity contribution < 1.29 is 19.2 Å². The first-order valence-corrected chi connectivity index (χ1v) is 8.85. The van der Waals surface area contributed by atoms with Crippen LogP contribution in [0.2, 0.25) is 0 Å². The van der Waals surface area contributed by atoms with Crippen LogP contribution in [0.3, 0.4) is 0 Å². The molecule has 0 aliphatic rings. The molecule has 0 saturated heterocycles. The van der Waals surface area contributed by atoms with Gasteiger partial charge in [-0.3, -0.25) is 10.1 Å². The number of carbonyl (C=O) groups is 1. The number of benzene rings is 1. The molecule has 1 aromatic heterocycles. The molecule has 0 radical (unpaired) electrons. The van der Waals surface area contributed by atoms with Gasteiger partial charge in [-0.05, 0) is 32.4 Å². The maximum Gasteiger partial charge on any atom is 0.350 e. The van der Waals surface area contributed by atoms with Crippen molar-refractivity contribution in [2.75, 3.05) is 13.2 Å². The van der Waals surface area contributed by atoms with Gasteiger partial charge < -0.3 is 9.47 Å². The SMILES string of the molecule is CCCCOc1ccc(-c2nc(C)c(C(=O)OCC)s2)cc1[N+](=O)[O-]. The van der Waals surface area contributed by atoms with Crippen molar-refractivity contribution in [3.63, 3.8) is 0 Å². The fourth-order valence-electron chi connectivity index (χ4n) is 2.15. The lowest BCUT2D eigenvalue weighted by Gasteiger charge is -2.07. The van der Waals surface area contributed by atoms with Crippen molar-refractivity contribution in [2.45, 2.75) is 33.6 Å². The number of nitro benzene ring substituents is 1. The molecule has 0 saturated carbocycles. The molecule has 0 fully saturated rings. The maximum absolute atomic E-state index is 11.9. The van der Waals surface area contributed by atoms with Crippen LogP contribution in [0.1, 0.15) is 42.1 Å². The van der Waals surface area contributed by atoms with E-state index in [-0.39, 0.29) is 18.0 Å². The number of rotatable bonds is 8. The molecule has 0 bridgehead atoms. The zero-order valence-corrected chi connectivity index (χ0v) is 15.2. The molecule has 7 nitrogen and oxygen atoms in total. The average Bonchev–Trinajstić information content (AvgIpc) is 2.97. The average molecular weight is 364 g/mol. The van der Waals surface area contributed by atoms with Crippen LogP contribution < -0.4 is 4.74 Å². The molecule has 0 atom stereocenters. The molecule has 0 aliphatic carbocycles. The fourth-order valence-corrected chi connectivity index (χ4v) is 3.10. The van der Waals surface area contributed by atoms with Gasteiger partial charge in [0.2, 0.25) is 0 Å². The summed E-state index contributed by atoms with van der Waals surface area (Å²) in [5.74, 6) is -0.195. The molecule has 1 aromatic carbocycles. The van der Waals surface area contributed by atoms with Crippen molar-refractivity contribution in [3.8, 4) is 16.3 Å². The van der Waals surface area contributed by atoms with Crippen LogP contribution in [0, 0.1) is 17.0 Å². The van der Waals surface area contributed by atoms with Crippen molar-refractivity contribution in [2.24, 2.45) is 0 Å². The number of nitro groups is 1. The highest BCUT2D eigenvalue weighted by Gasteiger charge is 2.21. The number of thiazole rings is 1. The highest BCUT2D eigenvalue weighted by atomic mass is 32.1. The minimum absolute atomic E-state index is 0.112. The van der Waals surface area contributed by atoms with Gasteiger partial charge in [-0.25, -0.2) is 9.78 Å². The zero-order valence-electron chi connectivity index (χ0n) is 14.4. The second kappa shape index (κ2) is 8.57. The van der Waals surface area contributed by atoms with Gasteiger partial charge in [-0.2, -0.15) is 0 Å². The van der Waals surface area contributed by atoms with Gasteiger partial charge in [0.05, 0.1) is 23.8 Å². The molecule has 2 rings (SSSR count). The second-order valence-corrected chi connectivity index (χ2v) is 6.29. The number of carbonyl (C=O) groups excluding carboxylic acids is 1. The molecule has 25 heavy (non-hydrogen) atoms. The van der Waals surface area contributed by atoms with Gasteiger partial charge in [-0.15, -0.1) is 11.3 Å². The van der Waals surface area contributed by atoms with Crippen LogP contribution >= 0.6 is 11.3 Å². The molecule has 134 valence electrons. The van der Waals surface area contributed by atoms with Gasteiger partial charge in [0.25, 0.3) is 0 Å². The third-order valence-corrected chi connectivity index (χ3v) is 4.60. The Hall–Kier alpha value is -2.48. The van der Waals surface area contributed by atoms with E-state index in [1.54, 1.807) is 26.0 Å².